The smallest absolute Gasteiger partial charge is 0.330 e. The number of carbonyl (C=O) groups is 1. The summed E-state index contributed by atoms with van der Waals surface area (Å²) in [5.41, 5.74) is -0.722. The van der Waals surface area contributed by atoms with E-state index in [1.54, 1.807) is 20.8 Å². The number of hydrogen-bond acceptors (Lipinski definition) is 2. The van der Waals surface area contributed by atoms with Crippen molar-refractivity contribution in [2.45, 2.75) is 33.1 Å². The molecular weight excluding hydrogens is 216 g/mol. The lowest BCUT2D eigenvalue weighted by Gasteiger charge is -2.18. The topological polar surface area (TPSA) is 26.3 Å². The van der Waals surface area contributed by atoms with Crippen molar-refractivity contribution in [1.29, 1.82) is 0 Å². The Hall–Kier alpha value is -0.650. The fraction of sp³-hybridized carbons (Fsp3) is 0.889. The van der Waals surface area contributed by atoms with Gasteiger partial charge in [0.1, 0.15) is 13.2 Å². The highest BCUT2D eigenvalue weighted by Gasteiger charge is 2.41. The number of Topliss-reactive ketones (excluding diaryl/α,β-unsaturated/α-hetero) is 1. The summed E-state index contributed by atoms with van der Waals surface area (Å²) in [7, 11) is 0. The molecule has 0 atom stereocenters. The van der Waals surface area contributed by atoms with Gasteiger partial charge in [-0.2, -0.15) is 8.78 Å². The average Bonchev–Trinajstić information content (AvgIpc) is 2.01. The number of ether oxygens (including phenoxy) is 1. The lowest BCUT2D eigenvalue weighted by Crippen LogP contribution is -2.34. The SMILES string of the molecule is CC(C)(C)C(=O)COCC(F)(F)C(F)F. The molecular formula is C9H14F4O2. The second kappa shape index (κ2) is 4.92. The highest BCUT2D eigenvalue weighted by Crippen LogP contribution is 2.23. The minimum Gasteiger partial charge on any atom is -0.367 e. The van der Waals surface area contributed by atoms with Crippen LogP contribution < -0.4 is 0 Å². The lowest BCUT2D eigenvalue weighted by molar-refractivity contribution is -0.169. The number of hydrogen-bond donors (Lipinski definition) is 0. The Morgan fingerprint density at radius 1 is 1.27 bits per heavy atom. The summed E-state index contributed by atoms with van der Waals surface area (Å²) >= 11 is 0. The van der Waals surface area contributed by atoms with Crippen molar-refractivity contribution in [3.8, 4) is 0 Å². The zero-order valence-corrected chi connectivity index (χ0v) is 8.82. The molecule has 0 radical (unpaired) electrons. The number of alkyl halides is 4. The summed E-state index contributed by atoms with van der Waals surface area (Å²) in [5, 5.41) is 0. The van der Waals surface area contributed by atoms with E-state index in [0.29, 0.717) is 0 Å². The van der Waals surface area contributed by atoms with Crippen LogP contribution in [0.25, 0.3) is 0 Å². The molecule has 0 aromatic rings. The Kier molecular flexibility index (Phi) is 4.70. The third-order valence-corrected chi connectivity index (χ3v) is 1.68. The molecule has 0 fully saturated rings. The van der Waals surface area contributed by atoms with Gasteiger partial charge in [-0.05, 0) is 0 Å². The van der Waals surface area contributed by atoms with Crippen molar-refractivity contribution in [2.75, 3.05) is 13.2 Å². The van der Waals surface area contributed by atoms with Crippen molar-refractivity contribution in [3.05, 3.63) is 0 Å². The van der Waals surface area contributed by atoms with Gasteiger partial charge >= 0.3 is 12.3 Å². The van der Waals surface area contributed by atoms with Gasteiger partial charge in [-0.25, -0.2) is 8.78 Å². The van der Waals surface area contributed by atoms with Crippen LogP contribution in [0.3, 0.4) is 0 Å². The van der Waals surface area contributed by atoms with Crippen molar-refractivity contribution in [1.82, 2.24) is 0 Å². The highest BCUT2D eigenvalue weighted by atomic mass is 19.3. The Morgan fingerprint density at radius 2 is 1.73 bits per heavy atom. The molecule has 0 aromatic heterocycles. The second-order valence-electron chi connectivity index (χ2n) is 4.23. The molecule has 6 heteroatoms. The summed E-state index contributed by atoms with van der Waals surface area (Å²) in [5.74, 6) is -4.61. The lowest BCUT2D eigenvalue weighted by atomic mass is 9.91. The van der Waals surface area contributed by atoms with E-state index >= 15 is 0 Å². The first-order chi connectivity index (χ1) is 6.57. The summed E-state index contributed by atoms with van der Waals surface area (Å²) in [6.07, 6.45) is -3.78. The largest absolute Gasteiger partial charge is 0.367 e. The predicted molar refractivity (Wildman–Crippen MR) is 46.2 cm³/mol. The molecule has 0 N–H and O–H groups in total. The Morgan fingerprint density at radius 3 is 2.07 bits per heavy atom. The fourth-order valence-electron chi connectivity index (χ4n) is 0.559. The molecule has 90 valence electrons. The zero-order valence-electron chi connectivity index (χ0n) is 8.82. The van der Waals surface area contributed by atoms with Crippen molar-refractivity contribution in [2.24, 2.45) is 5.41 Å². The first kappa shape index (κ1) is 14.3. The summed E-state index contributed by atoms with van der Waals surface area (Å²) in [6, 6.07) is 0. The van der Waals surface area contributed by atoms with Crippen LogP contribution in [-0.2, 0) is 9.53 Å². The molecule has 2 nitrogen and oxygen atoms in total. The molecule has 15 heavy (non-hydrogen) atoms. The Bertz CT molecular complexity index is 221. The van der Waals surface area contributed by atoms with Crippen LogP contribution in [0.1, 0.15) is 20.8 Å². The predicted octanol–water partition coefficient (Wildman–Crippen LogP) is 2.52. The Labute approximate surface area is 85.6 Å². The van der Waals surface area contributed by atoms with Crippen LogP contribution >= 0.6 is 0 Å². The number of rotatable bonds is 5. The first-order valence-electron chi connectivity index (χ1n) is 4.34. The van der Waals surface area contributed by atoms with E-state index in [2.05, 4.69) is 4.74 Å². The van der Waals surface area contributed by atoms with Crippen molar-refractivity contribution < 1.29 is 27.1 Å². The van der Waals surface area contributed by atoms with E-state index in [-0.39, 0.29) is 0 Å². The second-order valence-corrected chi connectivity index (χ2v) is 4.23. The standard InChI is InChI=1S/C9H14F4O2/c1-8(2,3)6(14)4-15-5-9(12,13)7(10)11/h7H,4-5H2,1-3H3. The summed E-state index contributed by atoms with van der Waals surface area (Å²) < 4.78 is 52.2. The molecule has 0 spiro atoms. The maximum atomic E-state index is 12.3. The van der Waals surface area contributed by atoms with E-state index in [1.807, 2.05) is 0 Å². The van der Waals surface area contributed by atoms with Gasteiger partial charge < -0.3 is 4.74 Å². The van der Waals surface area contributed by atoms with Crippen LogP contribution in [0.15, 0.2) is 0 Å². The third kappa shape index (κ3) is 5.11. The maximum Gasteiger partial charge on any atom is 0.330 e. The summed E-state index contributed by atoms with van der Waals surface area (Å²) in [6.45, 7) is 2.75. The van der Waals surface area contributed by atoms with Crippen LogP contribution in [0, 0.1) is 5.41 Å². The van der Waals surface area contributed by atoms with E-state index in [9.17, 15) is 22.4 Å². The van der Waals surface area contributed by atoms with Gasteiger partial charge in [-0.3, -0.25) is 4.79 Å². The number of carbonyl (C=O) groups excluding carboxylic acids is 1. The van der Waals surface area contributed by atoms with E-state index in [0.717, 1.165) is 0 Å². The van der Waals surface area contributed by atoms with Gasteiger partial charge in [0.05, 0.1) is 0 Å². The van der Waals surface area contributed by atoms with Crippen LogP contribution in [0.2, 0.25) is 0 Å². The third-order valence-electron chi connectivity index (χ3n) is 1.68. The van der Waals surface area contributed by atoms with Gasteiger partial charge in [-0.15, -0.1) is 0 Å². The zero-order chi connectivity index (χ0) is 12.3. The molecule has 0 saturated heterocycles. The quantitative estimate of drug-likeness (QED) is 0.678. The van der Waals surface area contributed by atoms with Crippen LogP contribution in [0.4, 0.5) is 17.6 Å². The van der Waals surface area contributed by atoms with E-state index in [4.69, 9.17) is 0 Å². The van der Waals surface area contributed by atoms with Gasteiger partial charge in [0.25, 0.3) is 0 Å². The molecule has 0 rings (SSSR count). The number of halogens is 4. The maximum absolute atomic E-state index is 12.3. The average molecular weight is 230 g/mol. The van der Waals surface area contributed by atoms with Gasteiger partial charge in [0.2, 0.25) is 0 Å². The first-order valence-corrected chi connectivity index (χ1v) is 4.34. The van der Waals surface area contributed by atoms with Crippen molar-refractivity contribution in [3.63, 3.8) is 0 Å². The van der Waals surface area contributed by atoms with E-state index in [1.165, 1.54) is 0 Å². The van der Waals surface area contributed by atoms with Gasteiger partial charge in [-0.1, -0.05) is 20.8 Å². The summed E-state index contributed by atoms with van der Waals surface area (Å²) in [4.78, 5) is 11.2. The van der Waals surface area contributed by atoms with Gasteiger partial charge in [0.15, 0.2) is 5.78 Å². The van der Waals surface area contributed by atoms with Crippen molar-refractivity contribution >= 4 is 5.78 Å². The molecule has 0 amide bonds. The fourth-order valence-corrected chi connectivity index (χ4v) is 0.559. The van der Waals surface area contributed by atoms with E-state index < -0.39 is 36.8 Å². The normalized spacial score (nSPS) is 13.3. The molecule has 0 heterocycles. The molecule has 0 aliphatic heterocycles. The number of ketones is 1. The van der Waals surface area contributed by atoms with Gasteiger partial charge in [0, 0.05) is 5.41 Å². The highest BCUT2D eigenvalue weighted by molar-refractivity contribution is 5.84. The van der Waals surface area contributed by atoms with Crippen LogP contribution in [0.5, 0.6) is 0 Å². The molecule has 0 aliphatic carbocycles. The Balaban J connectivity index is 3.96. The molecule has 0 unspecified atom stereocenters. The molecule has 0 saturated carbocycles. The minimum atomic E-state index is -4.20. The molecule has 0 aliphatic rings. The molecule has 0 bridgehead atoms. The monoisotopic (exact) mass is 230 g/mol. The molecule has 0 aromatic carbocycles. The minimum absolute atomic E-state index is 0.410. The van der Waals surface area contributed by atoms with Crippen LogP contribution in [-0.4, -0.2) is 31.3 Å².